The third-order valence-electron chi connectivity index (χ3n) is 2.45. The van der Waals surface area contributed by atoms with Crippen LogP contribution in [0.3, 0.4) is 0 Å². The van der Waals surface area contributed by atoms with Gasteiger partial charge in [0.15, 0.2) is 0 Å². The van der Waals surface area contributed by atoms with E-state index in [2.05, 4.69) is 5.32 Å². The molecule has 0 aliphatic carbocycles. The van der Waals surface area contributed by atoms with E-state index in [0.29, 0.717) is 13.0 Å². The highest BCUT2D eigenvalue weighted by molar-refractivity contribution is 5.81. The van der Waals surface area contributed by atoms with E-state index in [1.165, 1.54) is 0 Å². The van der Waals surface area contributed by atoms with Gasteiger partial charge < -0.3 is 10.4 Å². The van der Waals surface area contributed by atoms with Crippen LogP contribution in [-0.2, 0) is 9.59 Å². The molecule has 0 fully saturated rings. The predicted octanol–water partition coefficient (Wildman–Crippen LogP) is 2.04. The Labute approximate surface area is 97.4 Å². The fourth-order valence-corrected chi connectivity index (χ4v) is 1.17. The largest absolute Gasteiger partial charge is 0.481 e. The maximum absolute atomic E-state index is 11.5. The number of hydrogen-bond donors (Lipinski definition) is 2. The number of hydrogen-bond acceptors (Lipinski definition) is 2. The number of rotatable bonds is 6. The van der Waals surface area contributed by atoms with Gasteiger partial charge in [0.1, 0.15) is 0 Å². The average Bonchev–Trinajstić information content (AvgIpc) is 2.14. The fraction of sp³-hybridized carbons (Fsp3) is 0.833. The number of amides is 1. The predicted molar refractivity (Wildman–Crippen MR) is 63.1 cm³/mol. The van der Waals surface area contributed by atoms with Crippen LogP contribution in [0.15, 0.2) is 0 Å². The minimum absolute atomic E-state index is 0.0405. The topological polar surface area (TPSA) is 66.4 Å². The van der Waals surface area contributed by atoms with Crippen LogP contribution in [0.1, 0.15) is 47.0 Å². The monoisotopic (exact) mass is 229 g/mol. The molecule has 0 aromatic rings. The normalized spacial score (nSPS) is 13.2. The lowest BCUT2D eigenvalue weighted by molar-refractivity contribution is -0.141. The summed E-state index contributed by atoms with van der Waals surface area (Å²) in [7, 11) is 0. The van der Waals surface area contributed by atoms with Crippen molar-refractivity contribution in [3.63, 3.8) is 0 Å². The van der Waals surface area contributed by atoms with Gasteiger partial charge in [-0.25, -0.2) is 0 Å². The molecule has 0 heterocycles. The summed E-state index contributed by atoms with van der Waals surface area (Å²) in [5, 5.41) is 11.5. The minimum atomic E-state index is -0.751. The molecule has 4 heteroatoms. The molecule has 94 valence electrons. The van der Waals surface area contributed by atoms with Gasteiger partial charge in [-0.2, -0.15) is 0 Å². The van der Waals surface area contributed by atoms with Gasteiger partial charge in [-0.05, 0) is 12.8 Å². The van der Waals surface area contributed by atoms with E-state index in [0.717, 1.165) is 12.8 Å². The van der Waals surface area contributed by atoms with Crippen LogP contribution in [0.5, 0.6) is 0 Å². The molecule has 0 saturated heterocycles. The Morgan fingerprint density at radius 2 is 1.81 bits per heavy atom. The number of carboxylic acids is 1. The summed E-state index contributed by atoms with van der Waals surface area (Å²) >= 11 is 0. The second-order valence-corrected chi connectivity index (χ2v) is 5.24. The van der Waals surface area contributed by atoms with Crippen molar-refractivity contribution in [1.29, 1.82) is 0 Å². The van der Waals surface area contributed by atoms with Gasteiger partial charge in [-0.1, -0.05) is 34.1 Å². The standard InChI is InChI=1S/C12H23NO3/c1-9(10(14)15)7-5-6-8-13-11(16)12(2,3)4/h9H,5-8H2,1-4H3,(H,13,16)(H,14,15). The molecule has 0 spiro atoms. The average molecular weight is 229 g/mol. The van der Waals surface area contributed by atoms with Crippen molar-refractivity contribution < 1.29 is 14.7 Å². The first-order valence-corrected chi connectivity index (χ1v) is 5.76. The number of carbonyl (C=O) groups is 2. The molecule has 2 N–H and O–H groups in total. The molecule has 0 aromatic carbocycles. The number of unbranched alkanes of at least 4 members (excludes halogenated alkanes) is 1. The van der Waals surface area contributed by atoms with E-state index in [-0.39, 0.29) is 17.2 Å². The van der Waals surface area contributed by atoms with Gasteiger partial charge in [0, 0.05) is 12.0 Å². The summed E-state index contributed by atoms with van der Waals surface area (Å²) in [6.07, 6.45) is 2.33. The summed E-state index contributed by atoms with van der Waals surface area (Å²) in [5.41, 5.74) is -0.353. The summed E-state index contributed by atoms with van der Waals surface area (Å²) in [6.45, 7) is 7.94. The zero-order chi connectivity index (χ0) is 12.8. The zero-order valence-electron chi connectivity index (χ0n) is 10.7. The Morgan fingerprint density at radius 3 is 2.25 bits per heavy atom. The number of aliphatic carboxylic acids is 1. The van der Waals surface area contributed by atoms with Gasteiger partial charge in [0.05, 0.1) is 5.92 Å². The lowest BCUT2D eigenvalue weighted by Gasteiger charge is -2.17. The highest BCUT2D eigenvalue weighted by Gasteiger charge is 2.20. The Hall–Kier alpha value is -1.06. The van der Waals surface area contributed by atoms with E-state index in [1.54, 1.807) is 6.92 Å². The number of carboxylic acid groups (broad SMARTS) is 1. The van der Waals surface area contributed by atoms with Crippen LogP contribution in [0.2, 0.25) is 0 Å². The summed E-state index contributed by atoms with van der Waals surface area (Å²) < 4.78 is 0. The fourth-order valence-electron chi connectivity index (χ4n) is 1.17. The number of carbonyl (C=O) groups excluding carboxylic acids is 1. The van der Waals surface area contributed by atoms with Crippen LogP contribution in [0, 0.1) is 11.3 Å². The lowest BCUT2D eigenvalue weighted by Crippen LogP contribution is -2.35. The molecule has 1 unspecified atom stereocenters. The van der Waals surface area contributed by atoms with E-state index >= 15 is 0 Å². The Morgan fingerprint density at radius 1 is 1.25 bits per heavy atom. The van der Waals surface area contributed by atoms with Gasteiger partial charge in [0.25, 0.3) is 0 Å². The maximum Gasteiger partial charge on any atom is 0.306 e. The molecule has 4 nitrogen and oxygen atoms in total. The molecule has 0 rings (SSSR count). The van der Waals surface area contributed by atoms with Crippen LogP contribution in [0.4, 0.5) is 0 Å². The quantitative estimate of drug-likeness (QED) is 0.685. The molecule has 0 radical (unpaired) electrons. The molecule has 0 bridgehead atoms. The van der Waals surface area contributed by atoms with E-state index in [9.17, 15) is 9.59 Å². The van der Waals surface area contributed by atoms with E-state index in [4.69, 9.17) is 5.11 Å². The summed E-state index contributed by atoms with van der Waals surface area (Å²) in [6, 6.07) is 0. The van der Waals surface area contributed by atoms with Crippen LogP contribution >= 0.6 is 0 Å². The minimum Gasteiger partial charge on any atom is -0.481 e. The molecule has 16 heavy (non-hydrogen) atoms. The van der Waals surface area contributed by atoms with Gasteiger partial charge >= 0.3 is 5.97 Å². The highest BCUT2D eigenvalue weighted by Crippen LogP contribution is 2.12. The van der Waals surface area contributed by atoms with Crippen molar-refractivity contribution in [2.45, 2.75) is 47.0 Å². The molecular formula is C12H23NO3. The van der Waals surface area contributed by atoms with E-state index in [1.807, 2.05) is 20.8 Å². The SMILES string of the molecule is CC(CCCCNC(=O)C(C)(C)C)C(=O)O. The molecule has 0 aromatic heterocycles. The molecule has 1 amide bonds. The molecular weight excluding hydrogens is 206 g/mol. The molecule has 0 aliphatic heterocycles. The zero-order valence-corrected chi connectivity index (χ0v) is 10.7. The third-order valence-corrected chi connectivity index (χ3v) is 2.45. The van der Waals surface area contributed by atoms with Crippen molar-refractivity contribution in [3.05, 3.63) is 0 Å². The smallest absolute Gasteiger partial charge is 0.306 e. The number of nitrogens with one attached hydrogen (secondary N) is 1. The van der Waals surface area contributed by atoms with Crippen LogP contribution in [0.25, 0.3) is 0 Å². The Balaban J connectivity index is 3.55. The lowest BCUT2D eigenvalue weighted by atomic mass is 9.95. The van der Waals surface area contributed by atoms with Crippen molar-refractivity contribution >= 4 is 11.9 Å². The first-order chi connectivity index (χ1) is 7.25. The van der Waals surface area contributed by atoms with Gasteiger partial charge in [0.2, 0.25) is 5.91 Å². The second kappa shape index (κ2) is 6.51. The second-order valence-electron chi connectivity index (χ2n) is 5.24. The van der Waals surface area contributed by atoms with Crippen LogP contribution in [-0.4, -0.2) is 23.5 Å². The molecule has 0 aliphatic rings. The van der Waals surface area contributed by atoms with Gasteiger partial charge in [-0.3, -0.25) is 9.59 Å². The van der Waals surface area contributed by atoms with Crippen LogP contribution < -0.4 is 5.32 Å². The summed E-state index contributed by atoms with van der Waals surface area (Å²) in [4.78, 5) is 22.0. The first kappa shape index (κ1) is 14.9. The van der Waals surface area contributed by atoms with E-state index < -0.39 is 5.97 Å². The highest BCUT2D eigenvalue weighted by atomic mass is 16.4. The molecule has 1 atom stereocenters. The van der Waals surface area contributed by atoms with Crippen molar-refractivity contribution in [2.24, 2.45) is 11.3 Å². The maximum atomic E-state index is 11.5. The van der Waals surface area contributed by atoms with Crippen molar-refractivity contribution in [2.75, 3.05) is 6.54 Å². The van der Waals surface area contributed by atoms with Gasteiger partial charge in [-0.15, -0.1) is 0 Å². The Kier molecular flexibility index (Phi) is 6.08. The third kappa shape index (κ3) is 6.43. The molecule has 0 saturated carbocycles. The van der Waals surface area contributed by atoms with Crippen molar-refractivity contribution in [3.8, 4) is 0 Å². The Bertz CT molecular complexity index is 243. The summed E-state index contributed by atoms with van der Waals surface area (Å²) in [5.74, 6) is -1.00. The van der Waals surface area contributed by atoms with Crippen molar-refractivity contribution in [1.82, 2.24) is 5.32 Å². The first-order valence-electron chi connectivity index (χ1n) is 5.76.